The molecule has 0 fully saturated rings. The molecule has 0 aliphatic carbocycles. The number of alkyl halides is 3. The molecule has 0 saturated carbocycles. The average molecular weight is 365 g/mol. The number of nitrogens with zero attached hydrogens (tertiary/aromatic N) is 3. The molecule has 0 bridgehead atoms. The summed E-state index contributed by atoms with van der Waals surface area (Å²) in [7, 11) is 0. The Labute approximate surface area is 127 Å². The minimum atomic E-state index is -4.71. The third-order valence-electron chi connectivity index (χ3n) is 2.31. The SMILES string of the molecule is CC(C)Nc1nc(Br)nn1-c1ccc(OC(F)(F)F)cc1. The second-order valence-corrected chi connectivity index (χ2v) is 5.17. The fourth-order valence-corrected chi connectivity index (χ4v) is 1.93. The molecular weight excluding hydrogens is 353 g/mol. The first-order chi connectivity index (χ1) is 9.74. The number of anilines is 1. The van der Waals surface area contributed by atoms with Crippen LogP contribution in [0.4, 0.5) is 19.1 Å². The molecule has 0 radical (unpaired) electrons. The van der Waals surface area contributed by atoms with Crippen LogP contribution >= 0.6 is 15.9 Å². The van der Waals surface area contributed by atoms with E-state index >= 15 is 0 Å². The van der Waals surface area contributed by atoms with Crippen LogP contribution < -0.4 is 10.1 Å². The number of ether oxygens (including phenoxy) is 1. The molecule has 0 aliphatic rings. The lowest BCUT2D eigenvalue weighted by Crippen LogP contribution is -2.17. The largest absolute Gasteiger partial charge is 0.573 e. The average Bonchev–Trinajstić information content (AvgIpc) is 2.68. The molecule has 9 heteroatoms. The molecule has 114 valence electrons. The van der Waals surface area contributed by atoms with E-state index in [2.05, 4.69) is 36.1 Å². The Bertz CT molecular complexity index is 610. The summed E-state index contributed by atoms with van der Waals surface area (Å²) >= 11 is 3.17. The van der Waals surface area contributed by atoms with E-state index in [0.717, 1.165) is 0 Å². The van der Waals surface area contributed by atoms with Crippen molar-refractivity contribution in [1.29, 1.82) is 0 Å². The number of hydrogen-bond acceptors (Lipinski definition) is 4. The zero-order valence-electron chi connectivity index (χ0n) is 11.1. The Morgan fingerprint density at radius 3 is 2.38 bits per heavy atom. The van der Waals surface area contributed by atoms with Gasteiger partial charge in [0.2, 0.25) is 10.7 Å². The van der Waals surface area contributed by atoms with Gasteiger partial charge in [-0.1, -0.05) is 0 Å². The Balaban J connectivity index is 2.26. The lowest BCUT2D eigenvalue weighted by atomic mass is 10.3. The van der Waals surface area contributed by atoms with Crippen LogP contribution in [0.1, 0.15) is 13.8 Å². The maximum Gasteiger partial charge on any atom is 0.573 e. The molecule has 0 aliphatic heterocycles. The highest BCUT2D eigenvalue weighted by molar-refractivity contribution is 9.10. The van der Waals surface area contributed by atoms with E-state index in [-0.39, 0.29) is 11.8 Å². The van der Waals surface area contributed by atoms with Crippen molar-refractivity contribution in [2.75, 3.05) is 5.32 Å². The highest BCUT2D eigenvalue weighted by atomic mass is 79.9. The maximum atomic E-state index is 12.1. The highest BCUT2D eigenvalue weighted by Crippen LogP contribution is 2.24. The highest BCUT2D eigenvalue weighted by Gasteiger charge is 2.31. The Morgan fingerprint density at radius 2 is 1.86 bits per heavy atom. The number of nitrogens with one attached hydrogen (secondary N) is 1. The minimum Gasteiger partial charge on any atom is -0.406 e. The topological polar surface area (TPSA) is 52.0 Å². The van der Waals surface area contributed by atoms with Crippen LogP contribution in [0.2, 0.25) is 0 Å². The van der Waals surface area contributed by atoms with E-state index in [9.17, 15) is 13.2 Å². The van der Waals surface area contributed by atoms with Crippen LogP contribution in [-0.2, 0) is 0 Å². The van der Waals surface area contributed by atoms with E-state index in [1.807, 2.05) is 13.8 Å². The number of aromatic nitrogens is 3. The van der Waals surface area contributed by atoms with Crippen molar-refractivity contribution in [1.82, 2.24) is 14.8 Å². The van der Waals surface area contributed by atoms with Gasteiger partial charge in [-0.05, 0) is 54.0 Å². The van der Waals surface area contributed by atoms with Crippen molar-refractivity contribution in [3.63, 3.8) is 0 Å². The predicted octanol–water partition coefficient (Wildman–Crippen LogP) is 3.75. The third kappa shape index (κ3) is 4.35. The van der Waals surface area contributed by atoms with Crippen molar-refractivity contribution >= 4 is 21.9 Å². The predicted molar refractivity (Wildman–Crippen MR) is 74.5 cm³/mol. The quantitative estimate of drug-likeness (QED) is 0.897. The number of rotatable bonds is 4. The van der Waals surface area contributed by atoms with Gasteiger partial charge in [0.25, 0.3) is 0 Å². The molecule has 0 unspecified atom stereocenters. The summed E-state index contributed by atoms with van der Waals surface area (Å²) in [6.45, 7) is 3.88. The first-order valence-corrected chi connectivity index (χ1v) is 6.79. The van der Waals surface area contributed by atoms with Crippen LogP contribution in [0, 0.1) is 0 Å². The van der Waals surface area contributed by atoms with Gasteiger partial charge < -0.3 is 10.1 Å². The molecule has 5 nitrogen and oxygen atoms in total. The summed E-state index contributed by atoms with van der Waals surface area (Å²) in [5.74, 6) is 0.199. The van der Waals surface area contributed by atoms with Gasteiger partial charge in [-0.2, -0.15) is 9.67 Å². The molecule has 0 atom stereocenters. The summed E-state index contributed by atoms with van der Waals surface area (Å²) in [4.78, 5) is 4.16. The molecule has 1 heterocycles. The fourth-order valence-electron chi connectivity index (χ4n) is 1.61. The maximum absolute atomic E-state index is 12.1. The molecule has 1 N–H and O–H groups in total. The second-order valence-electron chi connectivity index (χ2n) is 4.46. The zero-order chi connectivity index (χ0) is 15.6. The van der Waals surface area contributed by atoms with Gasteiger partial charge >= 0.3 is 6.36 Å². The lowest BCUT2D eigenvalue weighted by Gasteiger charge is -2.12. The molecule has 2 rings (SSSR count). The zero-order valence-corrected chi connectivity index (χ0v) is 12.7. The fraction of sp³-hybridized carbons (Fsp3) is 0.333. The van der Waals surface area contributed by atoms with Gasteiger partial charge in [0.15, 0.2) is 0 Å². The van der Waals surface area contributed by atoms with Gasteiger partial charge in [0, 0.05) is 6.04 Å². The van der Waals surface area contributed by atoms with Crippen LogP contribution in [0.5, 0.6) is 5.75 Å². The van der Waals surface area contributed by atoms with Crippen LogP contribution in [-0.4, -0.2) is 27.2 Å². The van der Waals surface area contributed by atoms with Crippen molar-refractivity contribution in [3.8, 4) is 11.4 Å². The molecule has 21 heavy (non-hydrogen) atoms. The van der Waals surface area contributed by atoms with Crippen molar-refractivity contribution < 1.29 is 17.9 Å². The molecule has 2 aromatic rings. The van der Waals surface area contributed by atoms with Gasteiger partial charge in [0.05, 0.1) is 5.69 Å². The molecule has 0 amide bonds. The van der Waals surface area contributed by atoms with Crippen molar-refractivity contribution in [2.24, 2.45) is 0 Å². The Hall–Kier alpha value is -1.77. The van der Waals surface area contributed by atoms with E-state index in [4.69, 9.17) is 0 Å². The lowest BCUT2D eigenvalue weighted by molar-refractivity contribution is -0.274. The van der Waals surface area contributed by atoms with Gasteiger partial charge in [-0.3, -0.25) is 0 Å². The summed E-state index contributed by atoms with van der Waals surface area (Å²) in [6.07, 6.45) is -4.71. The summed E-state index contributed by atoms with van der Waals surface area (Å²) in [5, 5.41) is 7.23. The Kier molecular flexibility index (Phi) is 4.40. The summed E-state index contributed by atoms with van der Waals surface area (Å²) in [6, 6.07) is 5.50. The van der Waals surface area contributed by atoms with E-state index in [1.54, 1.807) is 0 Å². The monoisotopic (exact) mass is 364 g/mol. The molecule has 1 aromatic heterocycles. The van der Waals surface area contributed by atoms with E-state index in [0.29, 0.717) is 16.4 Å². The standard InChI is InChI=1S/C12H12BrF3N4O/c1-7(2)17-11-18-10(13)19-20(11)8-3-5-9(6-4-8)21-12(14,15)16/h3-7H,1-2H3,(H,17,18,19). The third-order valence-corrected chi connectivity index (χ3v) is 2.65. The first kappa shape index (κ1) is 15.6. The normalized spacial score (nSPS) is 11.8. The molecular formula is C12H12BrF3N4O. The van der Waals surface area contributed by atoms with Gasteiger partial charge in [-0.25, -0.2) is 0 Å². The summed E-state index contributed by atoms with van der Waals surface area (Å²) < 4.78 is 42.0. The van der Waals surface area contributed by atoms with E-state index in [1.165, 1.54) is 28.9 Å². The smallest absolute Gasteiger partial charge is 0.406 e. The molecule has 0 saturated heterocycles. The van der Waals surface area contributed by atoms with Crippen molar-refractivity contribution in [2.45, 2.75) is 26.3 Å². The van der Waals surface area contributed by atoms with Crippen LogP contribution in [0.25, 0.3) is 5.69 Å². The molecule has 0 spiro atoms. The Morgan fingerprint density at radius 1 is 1.24 bits per heavy atom. The first-order valence-electron chi connectivity index (χ1n) is 6.00. The second kappa shape index (κ2) is 5.92. The van der Waals surface area contributed by atoms with Crippen LogP contribution in [0.15, 0.2) is 29.0 Å². The number of benzene rings is 1. The van der Waals surface area contributed by atoms with Gasteiger partial charge in [0.1, 0.15) is 5.75 Å². The number of hydrogen-bond donors (Lipinski definition) is 1. The van der Waals surface area contributed by atoms with Crippen LogP contribution in [0.3, 0.4) is 0 Å². The molecule has 1 aromatic carbocycles. The minimum absolute atomic E-state index is 0.132. The number of halogens is 4. The summed E-state index contributed by atoms with van der Waals surface area (Å²) in [5.41, 5.74) is 0.561. The van der Waals surface area contributed by atoms with Gasteiger partial charge in [-0.15, -0.1) is 18.3 Å². The van der Waals surface area contributed by atoms with Crippen molar-refractivity contribution in [3.05, 3.63) is 29.0 Å². The van der Waals surface area contributed by atoms with E-state index < -0.39 is 6.36 Å².